The Morgan fingerprint density at radius 3 is 2.84 bits per heavy atom. The monoisotopic (exact) mass is 262 g/mol. The van der Waals surface area contributed by atoms with Crippen molar-refractivity contribution in [1.82, 2.24) is 5.32 Å². The van der Waals surface area contributed by atoms with Crippen LogP contribution < -0.4 is 10.6 Å². The van der Waals surface area contributed by atoms with E-state index in [-0.39, 0.29) is 12.1 Å². The maximum absolute atomic E-state index is 11.8. The number of aryl methyl sites for hydroxylation is 1. The Hall–Kier alpha value is -1.71. The molecule has 1 amide bonds. The maximum atomic E-state index is 11.8. The van der Waals surface area contributed by atoms with E-state index in [4.69, 9.17) is 4.74 Å². The SMILES string of the molecule is CC(C)(C)OC(=O)N[C@H]1CCc2ccccc2NC1. The van der Waals surface area contributed by atoms with Crippen molar-refractivity contribution in [3.63, 3.8) is 0 Å². The predicted octanol–water partition coefficient (Wildman–Crippen LogP) is 2.94. The van der Waals surface area contributed by atoms with Gasteiger partial charge in [0.05, 0.1) is 0 Å². The molecule has 1 aliphatic rings. The van der Waals surface area contributed by atoms with Crippen molar-refractivity contribution in [1.29, 1.82) is 0 Å². The second-order valence-corrected chi connectivity index (χ2v) is 5.92. The molecule has 0 saturated carbocycles. The van der Waals surface area contributed by atoms with Gasteiger partial charge in [0.1, 0.15) is 5.60 Å². The Balaban J connectivity index is 1.90. The van der Waals surface area contributed by atoms with E-state index in [1.54, 1.807) is 0 Å². The smallest absolute Gasteiger partial charge is 0.407 e. The number of ether oxygens (including phenoxy) is 1. The molecule has 2 N–H and O–H groups in total. The van der Waals surface area contributed by atoms with Gasteiger partial charge in [-0.25, -0.2) is 4.79 Å². The van der Waals surface area contributed by atoms with E-state index in [1.807, 2.05) is 32.9 Å². The lowest BCUT2D eigenvalue weighted by Crippen LogP contribution is -2.42. The van der Waals surface area contributed by atoms with Gasteiger partial charge in [-0.1, -0.05) is 18.2 Å². The lowest BCUT2D eigenvalue weighted by molar-refractivity contribution is 0.0505. The fourth-order valence-corrected chi connectivity index (χ4v) is 2.17. The Kier molecular flexibility index (Phi) is 3.98. The number of amides is 1. The van der Waals surface area contributed by atoms with Crippen LogP contribution in [0.3, 0.4) is 0 Å². The quantitative estimate of drug-likeness (QED) is 0.818. The molecule has 0 bridgehead atoms. The van der Waals surface area contributed by atoms with Crippen LogP contribution in [0.25, 0.3) is 0 Å². The van der Waals surface area contributed by atoms with Crippen LogP contribution in [0, 0.1) is 0 Å². The Labute approximate surface area is 114 Å². The highest BCUT2D eigenvalue weighted by molar-refractivity contribution is 5.68. The van der Waals surface area contributed by atoms with Gasteiger partial charge >= 0.3 is 6.09 Å². The van der Waals surface area contributed by atoms with Crippen molar-refractivity contribution in [2.45, 2.75) is 45.3 Å². The number of hydrogen-bond acceptors (Lipinski definition) is 3. The van der Waals surface area contributed by atoms with Gasteiger partial charge < -0.3 is 15.4 Å². The van der Waals surface area contributed by atoms with Crippen LogP contribution in [0.2, 0.25) is 0 Å². The standard InChI is InChI=1S/C15H22N2O2/c1-15(2,3)19-14(18)17-12-9-8-11-6-4-5-7-13(11)16-10-12/h4-7,12,16H,8-10H2,1-3H3,(H,17,18)/t12-/m0/s1. The first-order valence-electron chi connectivity index (χ1n) is 6.75. The lowest BCUT2D eigenvalue weighted by Gasteiger charge is -2.23. The summed E-state index contributed by atoms with van der Waals surface area (Å²) in [7, 11) is 0. The van der Waals surface area contributed by atoms with E-state index >= 15 is 0 Å². The molecule has 1 heterocycles. The van der Waals surface area contributed by atoms with Gasteiger partial charge in [0.2, 0.25) is 0 Å². The van der Waals surface area contributed by atoms with Gasteiger partial charge in [-0.15, -0.1) is 0 Å². The third-order valence-corrected chi connectivity index (χ3v) is 3.04. The molecule has 0 saturated heterocycles. The number of hydrogen-bond donors (Lipinski definition) is 2. The second kappa shape index (κ2) is 5.51. The summed E-state index contributed by atoms with van der Waals surface area (Å²) in [6.07, 6.45) is 1.54. The molecule has 0 radical (unpaired) electrons. The largest absolute Gasteiger partial charge is 0.444 e. The molecule has 104 valence electrons. The number of anilines is 1. The minimum atomic E-state index is -0.453. The zero-order valence-corrected chi connectivity index (χ0v) is 11.8. The number of carbonyl (C=O) groups excluding carboxylic acids is 1. The van der Waals surface area contributed by atoms with E-state index in [0.717, 1.165) is 25.1 Å². The topological polar surface area (TPSA) is 50.4 Å². The second-order valence-electron chi connectivity index (χ2n) is 5.92. The third kappa shape index (κ3) is 4.16. The maximum Gasteiger partial charge on any atom is 0.407 e. The number of para-hydroxylation sites is 1. The minimum absolute atomic E-state index is 0.0993. The van der Waals surface area contributed by atoms with Crippen LogP contribution in [0.5, 0.6) is 0 Å². The molecule has 0 aliphatic carbocycles. The third-order valence-electron chi connectivity index (χ3n) is 3.04. The molecule has 2 rings (SSSR count). The summed E-state index contributed by atoms with van der Waals surface area (Å²) in [5.74, 6) is 0. The van der Waals surface area contributed by atoms with Crippen LogP contribution in [0.1, 0.15) is 32.8 Å². The highest BCUT2D eigenvalue weighted by Gasteiger charge is 2.21. The summed E-state index contributed by atoms with van der Waals surface area (Å²) in [5.41, 5.74) is 2.01. The van der Waals surface area contributed by atoms with Gasteiger partial charge in [-0.3, -0.25) is 0 Å². The van der Waals surface area contributed by atoms with Crippen LogP contribution in [-0.2, 0) is 11.2 Å². The zero-order chi connectivity index (χ0) is 13.9. The fourth-order valence-electron chi connectivity index (χ4n) is 2.17. The first kappa shape index (κ1) is 13.7. The van der Waals surface area contributed by atoms with Crippen LogP contribution in [0.4, 0.5) is 10.5 Å². The normalized spacial score (nSPS) is 18.8. The predicted molar refractivity (Wildman–Crippen MR) is 76.4 cm³/mol. The zero-order valence-electron chi connectivity index (χ0n) is 11.8. The first-order valence-corrected chi connectivity index (χ1v) is 6.75. The molecule has 0 unspecified atom stereocenters. The van der Waals surface area contributed by atoms with Crippen molar-refractivity contribution in [2.24, 2.45) is 0 Å². The summed E-state index contributed by atoms with van der Waals surface area (Å²) >= 11 is 0. The molecule has 1 atom stereocenters. The van der Waals surface area contributed by atoms with Crippen LogP contribution >= 0.6 is 0 Å². The molecule has 1 aromatic rings. The Bertz CT molecular complexity index is 425. The molecule has 0 aromatic heterocycles. The van der Waals surface area contributed by atoms with Gasteiger partial charge in [0.25, 0.3) is 0 Å². The Morgan fingerprint density at radius 1 is 1.37 bits per heavy atom. The van der Waals surface area contributed by atoms with Crippen molar-refractivity contribution >= 4 is 11.8 Å². The van der Waals surface area contributed by atoms with Crippen molar-refractivity contribution < 1.29 is 9.53 Å². The number of alkyl carbamates (subject to hydrolysis) is 1. The lowest BCUT2D eigenvalue weighted by atomic mass is 10.1. The van der Waals surface area contributed by atoms with Crippen LogP contribution in [0.15, 0.2) is 24.3 Å². The van der Waals surface area contributed by atoms with Gasteiger partial charge in [-0.2, -0.15) is 0 Å². The molecule has 19 heavy (non-hydrogen) atoms. The van der Waals surface area contributed by atoms with Crippen molar-refractivity contribution in [2.75, 3.05) is 11.9 Å². The van der Waals surface area contributed by atoms with Crippen molar-refractivity contribution in [3.05, 3.63) is 29.8 Å². The van der Waals surface area contributed by atoms with E-state index in [2.05, 4.69) is 22.8 Å². The van der Waals surface area contributed by atoms with E-state index in [9.17, 15) is 4.79 Å². The van der Waals surface area contributed by atoms with Gasteiger partial charge in [0.15, 0.2) is 0 Å². The number of fused-ring (bicyclic) bond motifs is 1. The molecular formula is C15H22N2O2. The highest BCUT2D eigenvalue weighted by atomic mass is 16.6. The Morgan fingerprint density at radius 2 is 2.11 bits per heavy atom. The van der Waals surface area contributed by atoms with Gasteiger partial charge in [-0.05, 0) is 45.2 Å². The number of benzene rings is 1. The average molecular weight is 262 g/mol. The molecule has 4 heteroatoms. The molecule has 0 spiro atoms. The summed E-state index contributed by atoms with van der Waals surface area (Å²) in [6, 6.07) is 8.36. The number of nitrogens with one attached hydrogen (secondary N) is 2. The molecule has 0 fully saturated rings. The summed E-state index contributed by atoms with van der Waals surface area (Å²) in [4.78, 5) is 11.8. The fraction of sp³-hybridized carbons (Fsp3) is 0.533. The summed E-state index contributed by atoms with van der Waals surface area (Å²) in [6.45, 7) is 6.34. The van der Waals surface area contributed by atoms with Gasteiger partial charge in [0, 0.05) is 18.3 Å². The van der Waals surface area contributed by atoms with Crippen molar-refractivity contribution in [3.8, 4) is 0 Å². The van der Waals surface area contributed by atoms with E-state index in [1.165, 1.54) is 5.56 Å². The summed E-state index contributed by atoms with van der Waals surface area (Å²) in [5, 5.41) is 6.30. The highest BCUT2D eigenvalue weighted by Crippen LogP contribution is 2.21. The molecule has 4 nitrogen and oxygen atoms in total. The molecular weight excluding hydrogens is 240 g/mol. The van der Waals surface area contributed by atoms with E-state index in [0.29, 0.717) is 0 Å². The summed E-state index contributed by atoms with van der Waals surface area (Å²) < 4.78 is 5.28. The number of carbonyl (C=O) groups is 1. The average Bonchev–Trinajstić information content (AvgIpc) is 2.50. The van der Waals surface area contributed by atoms with E-state index < -0.39 is 5.60 Å². The molecule has 1 aromatic carbocycles. The first-order chi connectivity index (χ1) is 8.94. The number of rotatable bonds is 1. The van der Waals surface area contributed by atoms with Crippen LogP contribution in [-0.4, -0.2) is 24.3 Å². The minimum Gasteiger partial charge on any atom is -0.444 e. The molecule has 1 aliphatic heterocycles.